The molecule has 0 aliphatic carbocycles. The van der Waals surface area contributed by atoms with Crippen LogP contribution in [-0.4, -0.2) is 95.7 Å². The number of hydrazine groups is 1. The molecule has 4 atom stereocenters. The van der Waals surface area contributed by atoms with E-state index in [4.69, 9.17) is 16.4 Å². The zero-order valence-electron chi connectivity index (χ0n) is 42.7. The average molecular weight is 735 g/mol. The molecule has 0 fully saturated rings. The Morgan fingerprint density at radius 1 is 0.865 bits per heavy atom. The average Bonchev–Trinajstić information content (AvgIpc) is 3.20. The molecule has 282 valence electrons. The number of carbonyl (C=O) groups is 4. The summed E-state index contributed by atoms with van der Waals surface area (Å²) < 4.78 is 124. The molecule has 0 saturated carbocycles. The van der Waals surface area contributed by atoms with Gasteiger partial charge in [0, 0.05) is 42.6 Å². The number of methoxy groups -OCH3 is 2. The number of aliphatic hydroxyl groups is 2. The summed E-state index contributed by atoms with van der Waals surface area (Å²) in [6, 6.07) is 12.1. The van der Waals surface area contributed by atoms with Gasteiger partial charge in [0.15, 0.2) is 0 Å². The van der Waals surface area contributed by atoms with E-state index < -0.39 is 106 Å². The Bertz CT molecular complexity index is 2070. The Morgan fingerprint density at radius 2 is 1.52 bits per heavy atom. The minimum Gasteiger partial charge on any atom is -0.453 e. The molecule has 4 amide bonds. The van der Waals surface area contributed by atoms with Gasteiger partial charge in [-0.3, -0.25) is 20.0 Å². The number of hydrogen-bond acceptors (Lipinski definition) is 10. The lowest BCUT2D eigenvalue weighted by atomic mass is 9.84. The topological polar surface area (TPSA) is 191 Å². The normalized spacial score (nSPS) is 19.2. The molecule has 0 spiro atoms. The van der Waals surface area contributed by atoms with Gasteiger partial charge in [0.2, 0.25) is 5.91 Å². The van der Waals surface area contributed by atoms with Crippen LogP contribution in [0.5, 0.6) is 0 Å². The lowest BCUT2D eigenvalue weighted by Crippen LogP contribution is -2.61. The maximum Gasteiger partial charge on any atom is 0.407 e. The van der Waals surface area contributed by atoms with E-state index in [0.29, 0.717) is 21.8 Å². The van der Waals surface area contributed by atoms with Crippen LogP contribution in [0.3, 0.4) is 0 Å². The van der Waals surface area contributed by atoms with E-state index in [-0.39, 0.29) is 12.0 Å². The standard InChI is InChI=1S/C38H52N6O8/c1-37(2,3)31(41-35(49)51-6)34(48)43-44(22-26-16-18-27(19-17-26)28-15-11-12-20-39-28)23-30(46)29(21-25-13-9-8-10-14-25)40-33(47)32(38(4,5)24-45)42-36(50)52-7/h8-20,29-32,45-46H,21-24H2,1-7H3,(H,40,47)(H,41,49)(H,42,50)(H,43,48)/t29-,30+,31-,32-/m1/s1/i1D3,2D3,3D3,6D3,22D2. The molecule has 3 rings (SSSR count). The van der Waals surface area contributed by atoms with Gasteiger partial charge in [-0.05, 0) is 35.1 Å². The number of hydrogen-bond donors (Lipinski definition) is 6. The van der Waals surface area contributed by atoms with E-state index in [1.165, 1.54) is 49.6 Å². The minimum atomic E-state index is -4.27. The lowest BCUT2D eigenvalue weighted by Gasteiger charge is -2.36. The smallest absolute Gasteiger partial charge is 0.407 e. The molecule has 2 aromatic carbocycles. The Balaban J connectivity index is 2.31. The second-order valence-electron chi connectivity index (χ2n) is 12.4. The number of alkyl carbamates (subject to hydrolysis) is 2. The number of amides is 4. The highest BCUT2D eigenvalue weighted by atomic mass is 16.5. The number of ether oxygens (including phenoxy) is 2. The quantitative estimate of drug-likeness (QED) is 0.119. The van der Waals surface area contributed by atoms with Crippen LogP contribution in [0.4, 0.5) is 9.59 Å². The van der Waals surface area contributed by atoms with Crippen LogP contribution < -0.4 is 21.4 Å². The molecule has 0 aliphatic heterocycles. The van der Waals surface area contributed by atoms with Gasteiger partial charge in [0.1, 0.15) is 12.1 Å². The fourth-order valence-electron chi connectivity index (χ4n) is 4.85. The third-order valence-electron chi connectivity index (χ3n) is 7.76. The Hall–Kier alpha value is -5.05. The van der Waals surface area contributed by atoms with Crippen molar-refractivity contribution < 1.29 is 58.1 Å². The third kappa shape index (κ3) is 12.3. The van der Waals surface area contributed by atoms with Crippen LogP contribution in [0.1, 0.15) is 64.7 Å². The highest BCUT2D eigenvalue weighted by Gasteiger charge is 2.39. The number of nitrogens with one attached hydrogen (secondary N) is 4. The van der Waals surface area contributed by atoms with Crippen molar-refractivity contribution in [2.45, 2.75) is 71.6 Å². The van der Waals surface area contributed by atoms with Gasteiger partial charge >= 0.3 is 12.2 Å². The summed E-state index contributed by atoms with van der Waals surface area (Å²) in [5.74, 6) is -3.03. The Kier molecular flexibility index (Phi) is 9.13. The largest absolute Gasteiger partial charge is 0.453 e. The molecule has 0 bridgehead atoms. The van der Waals surface area contributed by atoms with Gasteiger partial charge in [-0.15, -0.1) is 0 Å². The molecule has 14 nitrogen and oxygen atoms in total. The van der Waals surface area contributed by atoms with Gasteiger partial charge < -0.3 is 35.6 Å². The summed E-state index contributed by atoms with van der Waals surface area (Å²) in [6.45, 7) is -14.6. The number of pyridine rings is 1. The molecule has 0 unspecified atom stereocenters. The van der Waals surface area contributed by atoms with Crippen molar-refractivity contribution in [3.05, 3.63) is 90.1 Å². The van der Waals surface area contributed by atoms with Gasteiger partial charge in [-0.2, -0.15) is 0 Å². The van der Waals surface area contributed by atoms with Crippen molar-refractivity contribution in [3.8, 4) is 11.3 Å². The van der Waals surface area contributed by atoms with E-state index >= 15 is 0 Å². The van der Waals surface area contributed by atoms with Gasteiger partial charge in [-0.25, -0.2) is 14.6 Å². The maximum absolute atomic E-state index is 14.6. The van der Waals surface area contributed by atoms with Crippen molar-refractivity contribution in [3.63, 3.8) is 0 Å². The fraction of sp³-hybridized carbons (Fsp3) is 0.447. The Labute approximate surface area is 324 Å². The molecule has 0 aliphatic rings. The van der Waals surface area contributed by atoms with Gasteiger partial charge in [-0.1, -0.05) is 95.1 Å². The van der Waals surface area contributed by atoms with E-state index in [2.05, 4.69) is 25.1 Å². The van der Waals surface area contributed by atoms with E-state index in [1.807, 2.05) is 5.43 Å². The number of aromatic nitrogens is 1. The highest BCUT2D eigenvalue weighted by Crippen LogP contribution is 2.23. The SMILES string of the molecule is [2H]C([2H])([2H])OC(=O)N[C@H](C(=O)NN(C[C@H](O)[C@@H](Cc1ccccc1)NC(=O)[C@@H](NC(=O)OC)C(C)(C)CO)C([2H])([2H])c1ccc(-c2ccccn2)cc1)C(C([2H])([2H])[2H])(C([2H])([2H])[2H])C([2H])([2H])[2H]. The second-order valence-corrected chi connectivity index (χ2v) is 12.4. The summed E-state index contributed by atoms with van der Waals surface area (Å²) in [4.78, 5) is 58.2. The molecule has 0 saturated heterocycles. The van der Waals surface area contributed by atoms with Crippen LogP contribution >= 0.6 is 0 Å². The molecule has 14 heteroatoms. The third-order valence-corrected chi connectivity index (χ3v) is 7.76. The van der Waals surface area contributed by atoms with Crippen LogP contribution in [0.15, 0.2) is 79.0 Å². The summed E-state index contributed by atoms with van der Waals surface area (Å²) in [5.41, 5.74) is -2.58. The first-order chi connectivity index (χ1) is 30.2. The molecule has 52 heavy (non-hydrogen) atoms. The predicted molar refractivity (Wildman–Crippen MR) is 195 cm³/mol. The number of nitrogens with zero attached hydrogens (tertiary/aromatic N) is 2. The number of carbonyl (C=O) groups excluding carboxylic acids is 4. The van der Waals surface area contributed by atoms with Crippen molar-refractivity contribution in [2.24, 2.45) is 10.8 Å². The first-order valence-corrected chi connectivity index (χ1v) is 15.8. The monoisotopic (exact) mass is 734 g/mol. The van der Waals surface area contributed by atoms with Gasteiger partial charge in [0.05, 0.1) is 45.4 Å². The first-order valence-electron chi connectivity index (χ1n) is 22.8. The molecule has 0 radical (unpaired) electrons. The number of rotatable bonds is 16. The molecular formula is C38H52N6O8. The molecule has 1 aromatic heterocycles. The number of benzene rings is 2. The van der Waals surface area contributed by atoms with Crippen molar-refractivity contribution in [2.75, 3.05) is 27.3 Å². The predicted octanol–water partition coefficient (Wildman–Crippen LogP) is 3.18. The van der Waals surface area contributed by atoms with Crippen molar-refractivity contribution in [1.82, 2.24) is 31.4 Å². The zero-order valence-corrected chi connectivity index (χ0v) is 28.7. The molecule has 3 aromatic rings. The molecule has 6 N–H and O–H groups in total. The van der Waals surface area contributed by atoms with Crippen LogP contribution in [0, 0.1) is 10.8 Å². The Morgan fingerprint density at radius 3 is 2.12 bits per heavy atom. The van der Waals surface area contributed by atoms with Crippen molar-refractivity contribution in [1.29, 1.82) is 0 Å². The summed E-state index contributed by atoms with van der Waals surface area (Å²) in [5, 5.41) is 28.9. The number of aliphatic hydroxyl groups excluding tert-OH is 2. The maximum atomic E-state index is 14.6. The summed E-state index contributed by atoms with van der Waals surface area (Å²) in [7, 11) is -2.57. The zero-order chi connectivity index (χ0) is 50.3. The highest BCUT2D eigenvalue weighted by molar-refractivity contribution is 5.87. The van der Waals surface area contributed by atoms with E-state index in [9.17, 15) is 32.1 Å². The van der Waals surface area contributed by atoms with E-state index in [0.717, 1.165) is 7.11 Å². The summed E-state index contributed by atoms with van der Waals surface area (Å²) in [6.07, 6.45) is -3.99. The first kappa shape index (κ1) is 25.0. The summed E-state index contributed by atoms with van der Waals surface area (Å²) >= 11 is 0. The minimum absolute atomic E-state index is 0.243. The van der Waals surface area contributed by atoms with E-state index in [1.54, 1.807) is 48.5 Å². The lowest BCUT2D eigenvalue weighted by molar-refractivity contribution is -0.132. The molecule has 1 heterocycles. The van der Waals surface area contributed by atoms with Crippen LogP contribution in [0.25, 0.3) is 11.3 Å². The van der Waals surface area contributed by atoms with Crippen LogP contribution in [0.2, 0.25) is 0 Å². The van der Waals surface area contributed by atoms with Gasteiger partial charge in [0.25, 0.3) is 5.91 Å². The second kappa shape index (κ2) is 19.0. The van der Waals surface area contributed by atoms with Crippen LogP contribution in [-0.2, 0) is 32.0 Å². The molecular weight excluding hydrogens is 668 g/mol. The fourth-order valence-corrected chi connectivity index (χ4v) is 4.85. The van der Waals surface area contributed by atoms with Crippen molar-refractivity contribution >= 4 is 24.0 Å².